The third-order valence-corrected chi connectivity index (χ3v) is 3.49. The largest absolute Gasteiger partial charge is 0.493 e. The summed E-state index contributed by atoms with van der Waals surface area (Å²) >= 11 is 0. The maximum atomic E-state index is 12.9. The van der Waals surface area contributed by atoms with Crippen LogP contribution < -0.4 is 15.8 Å². The molecule has 0 bridgehead atoms. The fraction of sp³-hybridized carbons (Fsp3) is 0.316. The molecule has 128 valence electrons. The maximum absolute atomic E-state index is 12.9. The van der Waals surface area contributed by atoms with Gasteiger partial charge in [0, 0.05) is 6.54 Å². The molecule has 0 saturated carbocycles. The zero-order valence-electron chi connectivity index (χ0n) is 14.0. The van der Waals surface area contributed by atoms with Crippen molar-refractivity contribution in [1.29, 1.82) is 0 Å². The maximum Gasteiger partial charge on any atom is 0.241 e. The summed E-state index contributed by atoms with van der Waals surface area (Å²) in [6.07, 6.45) is 0. The third-order valence-electron chi connectivity index (χ3n) is 3.49. The fourth-order valence-corrected chi connectivity index (χ4v) is 2.09. The molecule has 0 heterocycles. The van der Waals surface area contributed by atoms with Crippen molar-refractivity contribution in [2.45, 2.75) is 26.4 Å². The fourth-order valence-electron chi connectivity index (χ4n) is 2.09. The Kier molecular flexibility index (Phi) is 6.32. The van der Waals surface area contributed by atoms with Crippen molar-refractivity contribution < 1.29 is 13.9 Å². The number of carbonyl (C=O) groups excluding carboxylic acids is 1. The molecule has 0 saturated heterocycles. The highest BCUT2D eigenvalue weighted by molar-refractivity contribution is 5.82. The summed E-state index contributed by atoms with van der Waals surface area (Å²) in [7, 11) is 0. The molecule has 5 heteroatoms. The predicted octanol–water partition coefficient (Wildman–Crippen LogP) is 3.18. The summed E-state index contributed by atoms with van der Waals surface area (Å²) in [4.78, 5) is 12.1. The molecule has 1 amide bonds. The van der Waals surface area contributed by atoms with Crippen LogP contribution in [0.4, 0.5) is 4.39 Å². The highest BCUT2D eigenvalue weighted by atomic mass is 19.1. The zero-order valence-corrected chi connectivity index (χ0v) is 14.0. The second-order valence-corrected chi connectivity index (χ2v) is 6.10. The van der Waals surface area contributed by atoms with Crippen LogP contribution in [0.3, 0.4) is 0 Å². The van der Waals surface area contributed by atoms with Crippen LogP contribution in [0.1, 0.15) is 31.0 Å². The summed E-state index contributed by atoms with van der Waals surface area (Å²) in [5.74, 6) is 0.617. The lowest BCUT2D eigenvalue weighted by Crippen LogP contribution is -2.33. The van der Waals surface area contributed by atoms with Crippen molar-refractivity contribution in [3.63, 3.8) is 0 Å². The van der Waals surface area contributed by atoms with E-state index < -0.39 is 6.04 Å². The molecule has 3 N–H and O–H groups in total. The van der Waals surface area contributed by atoms with Crippen molar-refractivity contribution in [1.82, 2.24) is 5.32 Å². The van der Waals surface area contributed by atoms with Crippen LogP contribution in [0, 0.1) is 11.7 Å². The predicted molar refractivity (Wildman–Crippen MR) is 92.0 cm³/mol. The van der Waals surface area contributed by atoms with Gasteiger partial charge in [0.1, 0.15) is 17.6 Å². The number of carbonyl (C=O) groups is 1. The number of halogens is 1. The number of amides is 1. The van der Waals surface area contributed by atoms with Gasteiger partial charge in [0.25, 0.3) is 0 Å². The standard InChI is InChI=1S/C19H23FN2O2/c1-13(2)12-24-17-9-3-14(4-10-17)11-22-19(23)18(21)15-5-7-16(20)8-6-15/h3-10,13,18H,11-12,21H2,1-2H3,(H,22,23)/t18-/m0/s1. The van der Waals surface area contributed by atoms with Gasteiger partial charge in [-0.2, -0.15) is 0 Å². The molecule has 4 nitrogen and oxygen atoms in total. The SMILES string of the molecule is CC(C)COc1ccc(CNC(=O)[C@@H](N)c2ccc(F)cc2)cc1. The Morgan fingerprint density at radius 1 is 1.12 bits per heavy atom. The number of hydrogen-bond acceptors (Lipinski definition) is 3. The van der Waals surface area contributed by atoms with Gasteiger partial charge in [-0.3, -0.25) is 4.79 Å². The van der Waals surface area contributed by atoms with E-state index in [9.17, 15) is 9.18 Å². The normalized spacial score (nSPS) is 12.0. The van der Waals surface area contributed by atoms with Gasteiger partial charge in [0.15, 0.2) is 0 Å². The van der Waals surface area contributed by atoms with E-state index in [-0.39, 0.29) is 11.7 Å². The van der Waals surface area contributed by atoms with Crippen LogP contribution in [0.2, 0.25) is 0 Å². The number of benzene rings is 2. The molecule has 1 atom stereocenters. The van der Waals surface area contributed by atoms with E-state index in [1.165, 1.54) is 24.3 Å². The highest BCUT2D eigenvalue weighted by Crippen LogP contribution is 2.14. The minimum atomic E-state index is -0.820. The summed E-state index contributed by atoms with van der Waals surface area (Å²) in [5.41, 5.74) is 7.42. The highest BCUT2D eigenvalue weighted by Gasteiger charge is 2.15. The topological polar surface area (TPSA) is 64.3 Å². The van der Waals surface area contributed by atoms with E-state index in [1.807, 2.05) is 24.3 Å². The average molecular weight is 330 g/mol. The molecular weight excluding hydrogens is 307 g/mol. The van der Waals surface area contributed by atoms with Gasteiger partial charge in [0.2, 0.25) is 5.91 Å². The Morgan fingerprint density at radius 3 is 2.33 bits per heavy atom. The molecule has 24 heavy (non-hydrogen) atoms. The van der Waals surface area contributed by atoms with Gasteiger partial charge < -0.3 is 15.8 Å². The molecule has 0 spiro atoms. The molecule has 0 radical (unpaired) electrons. The molecule has 0 aliphatic carbocycles. The summed E-state index contributed by atoms with van der Waals surface area (Å²) < 4.78 is 18.5. The molecule has 0 aliphatic heterocycles. The van der Waals surface area contributed by atoms with Crippen molar-refractivity contribution in [2.24, 2.45) is 11.7 Å². The van der Waals surface area contributed by atoms with Crippen LogP contribution in [0.15, 0.2) is 48.5 Å². The zero-order chi connectivity index (χ0) is 17.5. The number of ether oxygens (including phenoxy) is 1. The number of nitrogens with one attached hydrogen (secondary N) is 1. The van der Waals surface area contributed by atoms with E-state index in [0.717, 1.165) is 11.3 Å². The first-order chi connectivity index (χ1) is 11.5. The van der Waals surface area contributed by atoms with Crippen LogP contribution in [-0.4, -0.2) is 12.5 Å². The average Bonchev–Trinajstić information content (AvgIpc) is 2.58. The monoisotopic (exact) mass is 330 g/mol. The van der Waals surface area contributed by atoms with Gasteiger partial charge in [-0.1, -0.05) is 38.1 Å². The molecule has 0 aromatic heterocycles. The molecular formula is C19H23FN2O2. The van der Waals surface area contributed by atoms with Gasteiger partial charge in [-0.15, -0.1) is 0 Å². The minimum absolute atomic E-state index is 0.304. The summed E-state index contributed by atoms with van der Waals surface area (Å²) in [5, 5.41) is 2.78. The quantitative estimate of drug-likeness (QED) is 0.819. The van der Waals surface area contributed by atoms with Crippen LogP contribution in [0.25, 0.3) is 0 Å². The summed E-state index contributed by atoms with van der Waals surface area (Å²) in [6, 6.07) is 12.4. The minimum Gasteiger partial charge on any atom is -0.493 e. The first-order valence-corrected chi connectivity index (χ1v) is 7.96. The molecule has 0 unspecified atom stereocenters. The van der Waals surface area contributed by atoms with E-state index in [4.69, 9.17) is 10.5 Å². The lowest BCUT2D eigenvalue weighted by Gasteiger charge is -2.13. The van der Waals surface area contributed by atoms with E-state index in [2.05, 4.69) is 19.2 Å². The van der Waals surface area contributed by atoms with Crippen LogP contribution >= 0.6 is 0 Å². The Bertz CT molecular complexity index is 654. The van der Waals surface area contributed by atoms with E-state index in [0.29, 0.717) is 24.6 Å². The van der Waals surface area contributed by atoms with E-state index in [1.54, 1.807) is 0 Å². The lowest BCUT2D eigenvalue weighted by molar-refractivity contribution is -0.122. The van der Waals surface area contributed by atoms with Crippen molar-refractivity contribution >= 4 is 5.91 Å². The lowest BCUT2D eigenvalue weighted by atomic mass is 10.1. The first kappa shape index (κ1) is 17.9. The van der Waals surface area contributed by atoms with Crippen molar-refractivity contribution in [3.05, 3.63) is 65.5 Å². The third kappa shape index (κ3) is 5.35. The second-order valence-electron chi connectivity index (χ2n) is 6.10. The van der Waals surface area contributed by atoms with Gasteiger partial charge in [-0.25, -0.2) is 4.39 Å². The molecule has 2 aromatic carbocycles. The summed E-state index contributed by atoms with van der Waals surface area (Å²) in [6.45, 7) is 5.23. The van der Waals surface area contributed by atoms with Gasteiger partial charge >= 0.3 is 0 Å². The number of nitrogens with two attached hydrogens (primary N) is 1. The van der Waals surface area contributed by atoms with Crippen LogP contribution in [0.5, 0.6) is 5.75 Å². The van der Waals surface area contributed by atoms with Crippen LogP contribution in [-0.2, 0) is 11.3 Å². The first-order valence-electron chi connectivity index (χ1n) is 7.96. The molecule has 0 aliphatic rings. The number of rotatable bonds is 7. The Labute approximate surface area is 141 Å². The molecule has 0 fully saturated rings. The van der Waals surface area contributed by atoms with Gasteiger partial charge in [0.05, 0.1) is 6.61 Å². The van der Waals surface area contributed by atoms with E-state index >= 15 is 0 Å². The molecule has 2 rings (SSSR count). The number of hydrogen-bond donors (Lipinski definition) is 2. The molecule has 2 aromatic rings. The Morgan fingerprint density at radius 2 is 1.75 bits per heavy atom. The van der Waals surface area contributed by atoms with Crippen molar-refractivity contribution in [3.8, 4) is 5.75 Å². The second kappa shape index (κ2) is 8.45. The van der Waals surface area contributed by atoms with Crippen molar-refractivity contribution in [2.75, 3.05) is 6.61 Å². The Hall–Kier alpha value is -2.40. The smallest absolute Gasteiger partial charge is 0.241 e. The van der Waals surface area contributed by atoms with Gasteiger partial charge in [-0.05, 0) is 41.3 Å². The Balaban J connectivity index is 1.85.